The Bertz CT molecular complexity index is 627. The van der Waals surface area contributed by atoms with E-state index < -0.39 is 0 Å². The molecule has 2 atom stereocenters. The number of rotatable bonds is 3. The normalized spacial score (nSPS) is 20.7. The van der Waals surface area contributed by atoms with Gasteiger partial charge in [0, 0.05) is 28.7 Å². The summed E-state index contributed by atoms with van der Waals surface area (Å²) < 4.78 is 7.16. The van der Waals surface area contributed by atoms with Gasteiger partial charge in [0.05, 0.1) is 5.69 Å². The van der Waals surface area contributed by atoms with Gasteiger partial charge in [-0.05, 0) is 47.6 Å². The third-order valence-electron chi connectivity index (χ3n) is 3.79. The average molecular weight is 347 g/mol. The van der Waals surface area contributed by atoms with Gasteiger partial charge in [-0.25, -0.2) is 0 Å². The molecule has 1 aromatic carbocycles. The fourth-order valence-electron chi connectivity index (χ4n) is 2.79. The number of benzene rings is 1. The van der Waals surface area contributed by atoms with E-state index in [-0.39, 0.29) is 6.10 Å². The van der Waals surface area contributed by atoms with Crippen molar-refractivity contribution < 1.29 is 4.74 Å². The number of nitrogens with one attached hydrogen (secondary N) is 1. The second-order valence-corrected chi connectivity index (χ2v) is 6.31. The molecule has 1 aliphatic heterocycles. The highest BCUT2D eigenvalue weighted by molar-refractivity contribution is 9.10. The van der Waals surface area contributed by atoms with Crippen molar-refractivity contribution in [3.8, 4) is 5.75 Å². The van der Waals surface area contributed by atoms with Crippen molar-refractivity contribution in [3.05, 3.63) is 57.8 Å². The first-order chi connectivity index (χ1) is 10.2. The fourth-order valence-corrected chi connectivity index (χ4v) is 3.02. The Balaban J connectivity index is 1.93. The summed E-state index contributed by atoms with van der Waals surface area (Å²) in [5, 5.41) is 3.56. The lowest BCUT2D eigenvalue weighted by molar-refractivity contribution is 0.148. The molecule has 0 spiro atoms. The molecular formula is C17H19BrN2O. The molecule has 0 radical (unpaired) electrons. The Labute approximate surface area is 133 Å². The lowest BCUT2D eigenvalue weighted by Gasteiger charge is -2.32. The number of aryl methyl sites for hydroxylation is 1. The van der Waals surface area contributed by atoms with Crippen molar-refractivity contribution in [1.82, 2.24) is 10.3 Å². The van der Waals surface area contributed by atoms with E-state index in [2.05, 4.69) is 58.3 Å². The van der Waals surface area contributed by atoms with Crippen LogP contribution in [0.2, 0.25) is 0 Å². The number of hydrogen-bond acceptors (Lipinski definition) is 3. The topological polar surface area (TPSA) is 34.2 Å². The van der Waals surface area contributed by atoms with E-state index in [1.165, 1.54) is 11.1 Å². The molecule has 0 bridgehead atoms. The van der Waals surface area contributed by atoms with Gasteiger partial charge in [-0.2, -0.15) is 0 Å². The van der Waals surface area contributed by atoms with Crippen LogP contribution in [0.5, 0.6) is 5.75 Å². The van der Waals surface area contributed by atoms with Crippen LogP contribution >= 0.6 is 15.9 Å². The van der Waals surface area contributed by atoms with E-state index in [1.807, 2.05) is 18.3 Å². The highest BCUT2D eigenvalue weighted by atomic mass is 79.9. The van der Waals surface area contributed by atoms with Crippen LogP contribution in [-0.4, -0.2) is 11.5 Å². The SMILES string of the molecule is CCNC1CC(c2ccc(Br)cn2)Oc2ccc(C)cc21. The maximum Gasteiger partial charge on any atom is 0.142 e. The van der Waals surface area contributed by atoms with Gasteiger partial charge >= 0.3 is 0 Å². The molecule has 4 heteroatoms. The second-order valence-electron chi connectivity index (χ2n) is 5.40. The molecule has 1 aliphatic rings. The molecule has 2 heterocycles. The monoisotopic (exact) mass is 346 g/mol. The smallest absolute Gasteiger partial charge is 0.142 e. The Kier molecular flexibility index (Phi) is 4.27. The predicted octanol–water partition coefficient (Wildman–Crippen LogP) is 4.33. The van der Waals surface area contributed by atoms with E-state index in [9.17, 15) is 0 Å². The minimum Gasteiger partial charge on any atom is -0.484 e. The third-order valence-corrected chi connectivity index (χ3v) is 4.26. The van der Waals surface area contributed by atoms with Crippen LogP contribution < -0.4 is 10.1 Å². The second kappa shape index (κ2) is 6.16. The molecule has 3 nitrogen and oxygen atoms in total. The summed E-state index contributed by atoms with van der Waals surface area (Å²) in [6.45, 7) is 5.20. The molecule has 110 valence electrons. The molecule has 0 aliphatic carbocycles. The largest absolute Gasteiger partial charge is 0.484 e. The lowest BCUT2D eigenvalue weighted by Crippen LogP contribution is -2.29. The highest BCUT2D eigenvalue weighted by Crippen LogP contribution is 2.40. The Morgan fingerprint density at radius 3 is 2.90 bits per heavy atom. The minimum atomic E-state index is -0.00245. The molecule has 2 unspecified atom stereocenters. The van der Waals surface area contributed by atoms with Crippen molar-refractivity contribution in [2.75, 3.05) is 6.54 Å². The van der Waals surface area contributed by atoms with Gasteiger partial charge in [-0.3, -0.25) is 4.98 Å². The predicted molar refractivity (Wildman–Crippen MR) is 87.5 cm³/mol. The molecule has 0 fully saturated rings. The summed E-state index contributed by atoms with van der Waals surface area (Å²) in [6.07, 6.45) is 2.72. The summed E-state index contributed by atoms with van der Waals surface area (Å²) >= 11 is 3.42. The van der Waals surface area contributed by atoms with Gasteiger partial charge in [0.1, 0.15) is 11.9 Å². The molecule has 21 heavy (non-hydrogen) atoms. The zero-order chi connectivity index (χ0) is 14.8. The molecule has 3 rings (SSSR count). The number of halogens is 1. The lowest BCUT2D eigenvalue weighted by atomic mass is 9.93. The molecule has 0 saturated carbocycles. The summed E-state index contributed by atoms with van der Waals surface area (Å²) in [6, 6.07) is 10.7. The van der Waals surface area contributed by atoms with E-state index in [1.54, 1.807) is 0 Å². The summed E-state index contributed by atoms with van der Waals surface area (Å²) in [5.41, 5.74) is 3.50. The van der Waals surface area contributed by atoms with E-state index >= 15 is 0 Å². The molecule has 2 aromatic rings. The van der Waals surface area contributed by atoms with Crippen molar-refractivity contribution in [3.63, 3.8) is 0 Å². The summed E-state index contributed by atoms with van der Waals surface area (Å²) in [4.78, 5) is 4.49. The van der Waals surface area contributed by atoms with E-state index in [0.29, 0.717) is 6.04 Å². The third kappa shape index (κ3) is 3.11. The first-order valence-electron chi connectivity index (χ1n) is 7.29. The molecule has 1 N–H and O–H groups in total. The standard InChI is InChI=1S/C17H19BrN2O/c1-3-19-15-9-17(14-6-5-12(18)10-20-14)21-16-7-4-11(2)8-13(15)16/h4-8,10,15,17,19H,3,9H2,1-2H3. The van der Waals surface area contributed by atoms with Gasteiger partial charge in [0.25, 0.3) is 0 Å². The maximum atomic E-state index is 6.17. The number of nitrogens with zero attached hydrogens (tertiary/aromatic N) is 1. The Morgan fingerprint density at radius 1 is 1.33 bits per heavy atom. The number of pyridine rings is 1. The van der Waals surface area contributed by atoms with Crippen molar-refractivity contribution in [2.45, 2.75) is 32.4 Å². The molecule has 0 saturated heterocycles. The van der Waals surface area contributed by atoms with Crippen LogP contribution in [0.1, 0.15) is 42.3 Å². The summed E-state index contributed by atoms with van der Waals surface area (Å²) in [7, 11) is 0. The van der Waals surface area contributed by atoms with Crippen LogP contribution in [0.15, 0.2) is 41.0 Å². The van der Waals surface area contributed by atoms with Crippen LogP contribution in [0.4, 0.5) is 0 Å². The number of hydrogen-bond donors (Lipinski definition) is 1. The number of aromatic nitrogens is 1. The quantitative estimate of drug-likeness (QED) is 0.898. The van der Waals surface area contributed by atoms with Crippen molar-refractivity contribution >= 4 is 15.9 Å². The Morgan fingerprint density at radius 2 is 2.19 bits per heavy atom. The first-order valence-corrected chi connectivity index (χ1v) is 8.08. The van der Waals surface area contributed by atoms with Crippen molar-refractivity contribution in [1.29, 1.82) is 0 Å². The maximum absolute atomic E-state index is 6.17. The molecule has 0 amide bonds. The van der Waals surface area contributed by atoms with Gasteiger partial charge in [-0.15, -0.1) is 0 Å². The van der Waals surface area contributed by atoms with Gasteiger partial charge < -0.3 is 10.1 Å². The highest BCUT2D eigenvalue weighted by Gasteiger charge is 2.29. The minimum absolute atomic E-state index is 0.00245. The van der Waals surface area contributed by atoms with Gasteiger partial charge in [0.15, 0.2) is 0 Å². The zero-order valence-corrected chi connectivity index (χ0v) is 13.9. The van der Waals surface area contributed by atoms with Gasteiger partial charge in [-0.1, -0.05) is 24.6 Å². The molecule has 1 aromatic heterocycles. The van der Waals surface area contributed by atoms with Crippen molar-refractivity contribution in [2.24, 2.45) is 0 Å². The number of ether oxygens (including phenoxy) is 1. The average Bonchev–Trinajstić information content (AvgIpc) is 2.48. The van der Waals surface area contributed by atoms with Crippen LogP contribution in [0, 0.1) is 6.92 Å². The van der Waals surface area contributed by atoms with Gasteiger partial charge in [0.2, 0.25) is 0 Å². The van der Waals surface area contributed by atoms with Crippen LogP contribution in [0.25, 0.3) is 0 Å². The summed E-state index contributed by atoms with van der Waals surface area (Å²) in [5.74, 6) is 0.965. The van der Waals surface area contributed by atoms with Crippen LogP contribution in [0.3, 0.4) is 0 Å². The van der Waals surface area contributed by atoms with E-state index in [4.69, 9.17) is 4.74 Å². The number of fused-ring (bicyclic) bond motifs is 1. The van der Waals surface area contributed by atoms with E-state index in [0.717, 1.165) is 28.9 Å². The molecular weight excluding hydrogens is 328 g/mol. The zero-order valence-electron chi connectivity index (χ0n) is 12.3. The fraction of sp³-hybridized carbons (Fsp3) is 0.353. The Hall–Kier alpha value is -1.39. The first kappa shape index (κ1) is 14.5. The van der Waals surface area contributed by atoms with Crippen LogP contribution in [-0.2, 0) is 0 Å².